The number of nitrogen functional groups attached to an aromatic ring is 1. The topological polar surface area (TPSA) is 103 Å². The first-order valence-corrected chi connectivity index (χ1v) is 8.45. The zero-order valence-corrected chi connectivity index (χ0v) is 14.7. The van der Waals surface area contributed by atoms with Crippen LogP contribution in [-0.4, -0.2) is 40.4 Å². The summed E-state index contributed by atoms with van der Waals surface area (Å²) in [5.74, 6) is 1.39. The first-order chi connectivity index (χ1) is 12.1. The minimum Gasteiger partial charge on any atom is -0.486 e. The van der Waals surface area contributed by atoms with Crippen LogP contribution in [0.2, 0.25) is 5.02 Å². The Kier molecular flexibility index (Phi) is 5.57. The predicted molar refractivity (Wildman–Crippen MR) is 95.8 cm³/mol. The first kappa shape index (κ1) is 17.7. The highest BCUT2D eigenvalue weighted by Gasteiger charge is 2.29. The maximum absolute atomic E-state index is 9.12. The quantitative estimate of drug-likeness (QED) is 0.747. The molecule has 2 heterocycles. The summed E-state index contributed by atoms with van der Waals surface area (Å²) in [4.78, 5) is 8.24. The SMILES string of the molecule is Cc1nc(N)nc(N[C@@H]2CCOC[C@H]2Oc2ccc(CO)cc2)c1Cl. The number of anilines is 2. The number of hydrogen-bond acceptors (Lipinski definition) is 7. The summed E-state index contributed by atoms with van der Waals surface area (Å²) in [5.41, 5.74) is 7.18. The minimum absolute atomic E-state index is 0.00395. The lowest BCUT2D eigenvalue weighted by Gasteiger charge is -2.33. The van der Waals surface area contributed by atoms with Gasteiger partial charge in [0.25, 0.3) is 0 Å². The fourth-order valence-corrected chi connectivity index (χ4v) is 2.83. The highest BCUT2D eigenvalue weighted by Crippen LogP contribution is 2.26. The number of rotatable bonds is 5. The van der Waals surface area contributed by atoms with Gasteiger partial charge in [0.05, 0.1) is 24.9 Å². The average molecular weight is 365 g/mol. The maximum Gasteiger partial charge on any atom is 0.222 e. The van der Waals surface area contributed by atoms with Crippen molar-refractivity contribution in [3.63, 3.8) is 0 Å². The number of nitrogens with two attached hydrogens (primary N) is 1. The molecule has 1 aromatic heterocycles. The van der Waals surface area contributed by atoms with Crippen molar-refractivity contribution in [3.8, 4) is 5.75 Å². The van der Waals surface area contributed by atoms with E-state index in [-0.39, 0.29) is 24.7 Å². The highest BCUT2D eigenvalue weighted by molar-refractivity contribution is 6.33. The number of aliphatic hydroxyl groups is 1. The lowest BCUT2D eigenvalue weighted by molar-refractivity contribution is -0.000633. The third-order valence-electron chi connectivity index (χ3n) is 4.05. The predicted octanol–water partition coefficient (Wildman–Crippen LogP) is 2.16. The number of nitrogens with one attached hydrogen (secondary N) is 1. The van der Waals surface area contributed by atoms with E-state index in [1.54, 1.807) is 6.92 Å². The monoisotopic (exact) mass is 364 g/mol. The van der Waals surface area contributed by atoms with Crippen LogP contribution in [0, 0.1) is 6.92 Å². The first-order valence-electron chi connectivity index (χ1n) is 8.07. The summed E-state index contributed by atoms with van der Waals surface area (Å²) in [6.45, 7) is 2.87. The molecule has 0 aliphatic carbocycles. The number of aromatic nitrogens is 2. The van der Waals surface area contributed by atoms with E-state index in [9.17, 15) is 0 Å². The van der Waals surface area contributed by atoms with Gasteiger partial charge >= 0.3 is 0 Å². The van der Waals surface area contributed by atoms with Gasteiger partial charge in [-0.05, 0) is 31.0 Å². The molecule has 8 heteroatoms. The Bertz CT molecular complexity index is 727. The molecule has 3 rings (SSSR count). The molecule has 0 saturated carbocycles. The van der Waals surface area contributed by atoms with Crippen molar-refractivity contribution in [2.24, 2.45) is 0 Å². The van der Waals surface area contributed by atoms with Crippen LogP contribution >= 0.6 is 11.6 Å². The van der Waals surface area contributed by atoms with Crippen molar-refractivity contribution in [2.45, 2.75) is 32.1 Å². The molecule has 1 saturated heterocycles. The Morgan fingerprint density at radius 1 is 1.36 bits per heavy atom. The van der Waals surface area contributed by atoms with Crippen molar-refractivity contribution >= 4 is 23.4 Å². The van der Waals surface area contributed by atoms with E-state index in [1.165, 1.54) is 0 Å². The molecule has 7 nitrogen and oxygen atoms in total. The van der Waals surface area contributed by atoms with Crippen molar-refractivity contribution in [1.82, 2.24) is 9.97 Å². The van der Waals surface area contributed by atoms with E-state index >= 15 is 0 Å². The molecule has 2 atom stereocenters. The summed E-state index contributed by atoms with van der Waals surface area (Å²) in [5, 5.41) is 12.9. The number of benzene rings is 1. The second-order valence-corrected chi connectivity index (χ2v) is 6.28. The number of hydrogen-bond donors (Lipinski definition) is 3. The summed E-state index contributed by atoms with van der Waals surface area (Å²) >= 11 is 6.29. The Labute approximate surface area is 151 Å². The standard InChI is InChI=1S/C17H21ClN4O3/c1-10-15(18)16(22-17(19)20-10)21-13-6-7-24-9-14(13)25-12-4-2-11(8-23)3-5-12/h2-5,13-14,23H,6-9H2,1H3,(H3,19,20,21,22)/t13-,14-/m1/s1. The smallest absolute Gasteiger partial charge is 0.222 e. The lowest BCUT2D eigenvalue weighted by atomic mass is 10.1. The second kappa shape index (κ2) is 7.86. The van der Waals surface area contributed by atoms with Crippen molar-refractivity contribution in [2.75, 3.05) is 24.3 Å². The van der Waals surface area contributed by atoms with E-state index in [0.717, 1.165) is 12.0 Å². The van der Waals surface area contributed by atoms with Crippen LogP contribution in [0.1, 0.15) is 17.7 Å². The number of nitrogens with zero attached hydrogens (tertiary/aromatic N) is 2. The van der Waals surface area contributed by atoms with Gasteiger partial charge < -0.3 is 25.6 Å². The van der Waals surface area contributed by atoms with Crippen molar-refractivity contribution < 1.29 is 14.6 Å². The van der Waals surface area contributed by atoms with E-state index in [4.69, 9.17) is 31.9 Å². The molecular formula is C17H21ClN4O3. The highest BCUT2D eigenvalue weighted by atomic mass is 35.5. The summed E-state index contributed by atoms with van der Waals surface area (Å²) in [7, 11) is 0. The summed E-state index contributed by atoms with van der Waals surface area (Å²) in [6, 6.07) is 7.28. The van der Waals surface area contributed by atoms with Gasteiger partial charge in [-0.15, -0.1) is 0 Å². The van der Waals surface area contributed by atoms with Gasteiger partial charge in [0.2, 0.25) is 5.95 Å². The number of aryl methyl sites for hydroxylation is 1. The Hall–Kier alpha value is -2.09. The molecule has 0 amide bonds. The number of ether oxygens (including phenoxy) is 2. The van der Waals surface area contributed by atoms with Crippen molar-refractivity contribution in [3.05, 3.63) is 40.5 Å². The molecule has 0 unspecified atom stereocenters. The Balaban J connectivity index is 1.74. The third-order valence-corrected chi connectivity index (χ3v) is 4.51. The zero-order valence-electron chi connectivity index (χ0n) is 13.9. The largest absolute Gasteiger partial charge is 0.486 e. The molecule has 1 aliphatic rings. The number of aliphatic hydroxyl groups excluding tert-OH is 1. The second-order valence-electron chi connectivity index (χ2n) is 5.90. The molecule has 1 aromatic carbocycles. The molecule has 25 heavy (non-hydrogen) atoms. The molecule has 0 spiro atoms. The Morgan fingerprint density at radius 2 is 2.12 bits per heavy atom. The average Bonchev–Trinajstić information content (AvgIpc) is 2.61. The minimum atomic E-state index is -0.207. The fourth-order valence-electron chi connectivity index (χ4n) is 2.69. The zero-order chi connectivity index (χ0) is 17.8. The summed E-state index contributed by atoms with van der Waals surface area (Å²) in [6.07, 6.45) is 0.542. The van der Waals surface area contributed by atoms with Gasteiger partial charge in [-0.25, -0.2) is 4.98 Å². The molecule has 134 valence electrons. The molecule has 1 aliphatic heterocycles. The van der Waals surface area contributed by atoms with E-state index < -0.39 is 0 Å². The van der Waals surface area contributed by atoms with Crippen LogP contribution in [0.4, 0.5) is 11.8 Å². The number of halogens is 1. The molecular weight excluding hydrogens is 344 g/mol. The lowest BCUT2D eigenvalue weighted by Crippen LogP contribution is -2.45. The van der Waals surface area contributed by atoms with Crippen LogP contribution in [0.5, 0.6) is 5.75 Å². The van der Waals surface area contributed by atoms with Gasteiger partial charge in [0.1, 0.15) is 16.9 Å². The van der Waals surface area contributed by atoms with E-state index in [1.807, 2.05) is 24.3 Å². The molecule has 1 fully saturated rings. The van der Waals surface area contributed by atoms with E-state index in [2.05, 4.69) is 15.3 Å². The maximum atomic E-state index is 9.12. The van der Waals surface area contributed by atoms with Crippen LogP contribution in [0.25, 0.3) is 0 Å². The van der Waals surface area contributed by atoms with Crippen molar-refractivity contribution in [1.29, 1.82) is 0 Å². The molecule has 0 bridgehead atoms. The van der Waals surface area contributed by atoms with Crippen LogP contribution in [-0.2, 0) is 11.3 Å². The van der Waals surface area contributed by atoms with Crippen LogP contribution in [0.15, 0.2) is 24.3 Å². The molecule has 4 N–H and O–H groups in total. The van der Waals surface area contributed by atoms with Crippen LogP contribution in [0.3, 0.4) is 0 Å². The summed E-state index contributed by atoms with van der Waals surface area (Å²) < 4.78 is 11.6. The van der Waals surface area contributed by atoms with Gasteiger partial charge in [0.15, 0.2) is 5.82 Å². The van der Waals surface area contributed by atoms with Gasteiger partial charge in [-0.2, -0.15) is 4.98 Å². The van der Waals surface area contributed by atoms with E-state index in [0.29, 0.717) is 35.5 Å². The Morgan fingerprint density at radius 3 is 2.84 bits per heavy atom. The van der Waals surface area contributed by atoms with Gasteiger partial charge in [-0.3, -0.25) is 0 Å². The molecule has 2 aromatic rings. The third kappa shape index (κ3) is 4.31. The van der Waals surface area contributed by atoms with Gasteiger partial charge in [0, 0.05) is 6.61 Å². The molecule has 0 radical (unpaired) electrons. The van der Waals surface area contributed by atoms with Crippen LogP contribution < -0.4 is 15.8 Å². The fraction of sp³-hybridized carbons (Fsp3) is 0.412. The van der Waals surface area contributed by atoms with Gasteiger partial charge in [-0.1, -0.05) is 23.7 Å². The normalized spacial score (nSPS) is 20.3.